The van der Waals surface area contributed by atoms with Crippen LogP contribution in [0.5, 0.6) is 5.75 Å². The highest BCUT2D eigenvalue weighted by Gasteiger charge is 2.06. The van der Waals surface area contributed by atoms with Crippen molar-refractivity contribution < 1.29 is 9.84 Å². The van der Waals surface area contributed by atoms with E-state index in [9.17, 15) is 5.11 Å². The van der Waals surface area contributed by atoms with E-state index in [4.69, 9.17) is 16.3 Å². The van der Waals surface area contributed by atoms with Crippen LogP contribution < -0.4 is 10.1 Å². The van der Waals surface area contributed by atoms with Crippen molar-refractivity contribution in [2.75, 3.05) is 40.3 Å². The summed E-state index contributed by atoms with van der Waals surface area (Å²) in [4.78, 5) is 2.17. The summed E-state index contributed by atoms with van der Waals surface area (Å²) in [6.07, 6.45) is 1.74. The number of nitrogens with one attached hydrogen (secondary N) is 1. The fourth-order valence-electron chi connectivity index (χ4n) is 1.75. The molecule has 0 aliphatic rings. The maximum Gasteiger partial charge on any atom is 0.138 e. The Morgan fingerprint density at radius 1 is 1.30 bits per heavy atom. The normalized spacial score (nSPS) is 12.7. The van der Waals surface area contributed by atoms with Gasteiger partial charge in [0.15, 0.2) is 0 Å². The molecule has 0 radical (unpaired) electrons. The second-order valence-corrected chi connectivity index (χ2v) is 5.52. The second-order valence-electron chi connectivity index (χ2n) is 5.11. The molecule has 0 saturated heterocycles. The van der Waals surface area contributed by atoms with Crippen LogP contribution in [0.3, 0.4) is 0 Å². The van der Waals surface area contributed by atoms with Gasteiger partial charge in [-0.15, -0.1) is 0 Å². The zero-order valence-electron chi connectivity index (χ0n) is 12.3. The molecule has 0 spiro atoms. The highest BCUT2D eigenvalue weighted by Crippen LogP contribution is 2.22. The third-order valence-corrected chi connectivity index (χ3v) is 3.17. The summed E-state index contributed by atoms with van der Waals surface area (Å²) in [5, 5.41) is 13.6. The van der Waals surface area contributed by atoms with E-state index in [0.717, 1.165) is 25.9 Å². The molecule has 5 heteroatoms. The number of aliphatic hydroxyl groups excluding tert-OH is 1. The number of unbranched alkanes of at least 4 members (excludes halogenated alkanes) is 1. The molecule has 114 valence electrons. The summed E-state index contributed by atoms with van der Waals surface area (Å²) in [5.41, 5.74) is 0. The Kier molecular flexibility index (Phi) is 8.62. The molecule has 0 fully saturated rings. The molecule has 0 saturated carbocycles. The first-order valence-corrected chi connectivity index (χ1v) is 7.38. The monoisotopic (exact) mass is 300 g/mol. The van der Waals surface area contributed by atoms with Crippen molar-refractivity contribution in [1.82, 2.24) is 10.2 Å². The van der Waals surface area contributed by atoms with Crippen LogP contribution in [0.15, 0.2) is 24.3 Å². The molecule has 1 rings (SSSR count). The number of hydrogen-bond donors (Lipinski definition) is 2. The molecule has 1 atom stereocenters. The Morgan fingerprint density at radius 3 is 2.75 bits per heavy atom. The fourth-order valence-corrected chi connectivity index (χ4v) is 1.94. The summed E-state index contributed by atoms with van der Waals surface area (Å²) in [7, 11) is 4.15. The molecule has 20 heavy (non-hydrogen) atoms. The van der Waals surface area contributed by atoms with E-state index in [1.807, 2.05) is 12.1 Å². The zero-order chi connectivity index (χ0) is 14.8. The lowest BCUT2D eigenvalue weighted by Gasteiger charge is -2.14. The lowest BCUT2D eigenvalue weighted by atomic mass is 10.3. The molecule has 4 nitrogen and oxygen atoms in total. The smallest absolute Gasteiger partial charge is 0.138 e. The van der Waals surface area contributed by atoms with Gasteiger partial charge in [-0.3, -0.25) is 0 Å². The van der Waals surface area contributed by atoms with E-state index in [0.29, 0.717) is 17.3 Å². The number of rotatable bonds is 10. The van der Waals surface area contributed by atoms with Crippen molar-refractivity contribution in [3.63, 3.8) is 0 Å². The Labute approximate surface area is 126 Å². The number of hydrogen-bond acceptors (Lipinski definition) is 4. The molecule has 1 unspecified atom stereocenters. The lowest BCUT2D eigenvalue weighted by molar-refractivity contribution is 0.106. The maximum absolute atomic E-state index is 9.81. The molecule has 0 amide bonds. The van der Waals surface area contributed by atoms with E-state index < -0.39 is 6.10 Å². The minimum absolute atomic E-state index is 0.244. The van der Waals surface area contributed by atoms with E-state index in [1.165, 1.54) is 0 Å². The topological polar surface area (TPSA) is 44.7 Å². The lowest BCUT2D eigenvalue weighted by Crippen LogP contribution is -2.32. The van der Waals surface area contributed by atoms with Gasteiger partial charge < -0.3 is 20.1 Å². The van der Waals surface area contributed by atoms with Gasteiger partial charge in [0.25, 0.3) is 0 Å². The van der Waals surface area contributed by atoms with Crippen LogP contribution in [0.1, 0.15) is 12.8 Å². The van der Waals surface area contributed by atoms with Crippen LogP contribution in [0, 0.1) is 0 Å². The minimum atomic E-state index is -0.528. The minimum Gasteiger partial charge on any atom is -0.489 e. The number of benzene rings is 1. The molecule has 0 aliphatic heterocycles. The standard InChI is InChI=1S/C15H25ClN2O2/c1-18(2)10-6-5-9-17-11-13(19)12-20-15-8-4-3-7-14(15)16/h3-4,7-8,13,17,19H,5-6,9-12H2,1-2H3. The van der Waals surface area contributed by atoms with E-state index >= 15 is 0 Å². The van der Waals surface area contributed by atoms with E-state index in [2.05, 4.69) is 24.3 Å². The number of nitrogens with zero attached hydrogens (tertiary/aromatic N) is 1. The van der Waals surface area contributed by atoms with Gasteiger partial charge in [0.2, 0.25) is 0 Å². The van der Waals surface area contributed by atoms with Crippen molar-refractivity contribution in [3.8, 4) is 5.75 Å². The Morgan fingerprint density at radius 2 is 2.05 bits per heavy atom. The average Bonchev–Trinajstić information content (AvgIpc) is 2.41. The largest absolute Gasteiger partial charge is 0.489 e. The van der Waals surface area contributed by atoms with Gasteiger partial charge in [-0.2, -0.15) is 0 Å². The highest BCUT2D eigenvalue weighted by atomic mass is 35.5. The molecular formula is C15H25ClN2O2. The Hall–Kier alpha value is -0.810. The maximum atomic E-state index is 9.81. The molecule has 0 bridgehead atoms. The second kappa shape index (κ2) is 10.00. The number of ether oxygens (including phenoxy) is 1. The number of aliphatic hydroxyl groups is 1. The molecule has 0 aromatic heterocycles. The SMILES string of the molecule is CN(C)CCCCNCC(O)COc1ccccc1Cl. The first-order valence-electron chi connectivity index (χ1n) is 7.00. The van der Waals surface area contributed by atoms with Gasteiger partial charge in [-0.1, -0.05) is 23.7 Å². The van der Waals surface area contributed by atoms with Crippen molar-refractivity contribution >= 4 is 11.6 Å². The van der Waals surface area contributed by atoms with Gasteiger partial charge in [0.05, 0.1) is 5.02 Å². The Balaban J connectivity index is 2.06. The molecule has 1 aromatic carbocycles. The first-order chi connectivity index (χ1) is 9.59. The van der Waals surface area contributed by atoms with Crippen LogP contribution in [-0.4, -0.2) is 56.4 Å². The third-order valence-electron chi connectivity index (χ3n) is 2.86. The summed E-state index contributed by atoms with van der Waals surface area (Å²) in [5.74, 6) is 0.610. The first kappa shape index (κ1) is 17.2. The van der Waals surface area contributed by atoms with Crippen LogP contribution >= 0.6 is 11.6 Å². The van der Waals surface area contributed by atoms with Crippen LogP contribution in [0.2, 0.25) is 5.02 Å². The molecular weight excluding hydrogens is 276 g/mol. The van der Waals surface area contributed by atoms with Crippen LogP contribution in [0.25, 0.3) is 0 Å². The van der Waals surface area contributed by atoms with Gasteiger partial charge in [-0.05, 0) is 52.2 Å². The van der Waals surface area contributed by atoms with Gasteiger partial charge in [0.1, 0.15) is 18.5 Å². The summed E-state index contributed by atoms with van der Waals surface area (Å²) < 4.78 is 5.48. The summed E-state index contributed by atoms with van der Waals surface area (Å²) >= 11 is 5.97. The molecule has 2 N–H and O–H groups in total. The van der Waals surface area contributed by atoms with E-state index in [1.54, 1.807) is 12.1 Å². The van der Waals surface area contributed by atoms with Gasteiger partial charge >= 0.3 is 0 Å². The predicted octanol–water partition coefficient (Wildman–Crippen LogP) is 2.01. The van der Waals surface area contributed by atoms with E-state index in [-0.39, 0.29) is 6.61 Å². The van der Waals surface area contributed by atoms with Crippen molar-refractivity contribution in [2.24, 2.45) is 0 Å². The third kappa shape index (κ3) is 7.70. The summed E-state index contributed by atoms with van der Waals surface area (Å²) in [6.45, 7) is 2.79. The van der Waals surface area contributed by atoms with Gasteiger partial charge in [0, 0.05) is 6.54 Å². The van der Waals surface area contributed by atoms with Crippen LogP contribution in [-0.2, 0) is 0 Å². The zero-order valence-corrected chi connectivity index (χ0v) is 13.1. The van der Waals surface area contributed by atoms with Crippen molar-refractivity contribution in [3.05, 3.63) is 29.3 Å². The number of para-hydroxylation sites is 1. The van der Waals surface area contributed by atoms with Crippen molar-refractivity contribution in [2.45, 2.75) is 18.9 Å². The van der Waals surface area contributed by atoms with Crippen molar-refractivity contribution in [1.29, 1.82) is 0 Å². The quantitative estimate of drug-likeness (QED) is 0.649. The summed E-state index contributed by atoms with van der Waals surface area (Å²) in [6, 6.07) is 7.27. The predicted molar refractivity (Wildman–Crippen MR) is 83.6 cm³/mol. The van der Waals surface area contributed by atoms with Gasteiger partial charge in [-0.25, -0.2) is 0 Å². The molecule has 0 aliphatic carbocycles. The average molecular weight is 301 g/mol. The molecule has 0 heterocycles. The molecule has 1 aromatic rings. The van der Waals surface area contributed by atoms with Crippen LogP contribution in [0.4, 0.5) is 0 Å². The highest BCUT2D eigenvalue weighted by molar-refractivity contribution is 6.32. The number of halogens is 1. The Bertz CT molecular complexity index is 375. The fraction of sp³-hybridized carbons (Fsp3) is 0.600.